The van der Waals surface area contributed by atoms with Crippen LogP contribution in [0.2, 0.25) is 0 Å². The lowest BCUT2D eigenvalue weighted by atomic mass is 10.1. The van der Waals surface area contributed by atoms with E-state index in [9.17, 15) is 9.59 Å². The predicted molar refractivity (Wildman–Crippen MR) is 84.2 cm³/mol. The second-order valence-corrected chi connectivity index (χ2v) is 5.45. The van der Waals surface area contributed by atoms with E-state index in [1.165, 1.54) is 0 Å². The van der Waals surface area contributed by atoms with Gasteiger partial charge in [-0.3, -0.25) is 9.59 Å². The van der Waals surface area contributed by atoms with Crippen LogP contribution in [0, 0.1) is 11.8 Å². The molecule has 0 fully saturated rings. The normalized spacial score (nSPS) is 11.9. The molecule has 0 saturated heterocycles. The highest BCUT2D eigenvalue weighted by Gasteiger charge is 2.02. The highest BCUT2D eigenvalue weighted by Crippen LogP contribution is 2.09. The van der Waals surface area contributed by atoms with Crippen LogP contribution in [0.4, 0.5) is 0 Å². The molecule has 0 amide bonds. The lowest BCUT2D eigenvalue weighted by molar-refractivity contribution is -0.117. The van der Waals surface area contributed by atoms with Crippen molar-refractivity contribution in [2.24, 2.45) is 11.8 Å². The SMILES string of the molecule is CC(C)C(=O)C=Cc1ccc(C=CC(=O)C(C)C)cc1. The van der Waals surface area contributed by atoms with Crippen molar-refractivity contribution in [2.75, 3.05) is 0 Å². The minimum Gasteiger partial charge on any atom is -0.295 e. The topological polar surface area (TPSA) is 34.1 Å². The molecular weight excluding hydrogens is 248 g/mol. The van der Waals surface area contributed by atoms with E-state index in [0.29, 0.717) is 0 Å². The number of rotatable bonds is 6. The standard InChI is InChI=1S/C18H22O2/c1-13(2)17(19)11-9-15-5-7-16(8-6-15)10-12-18(20)14(3)4/h5-14H,1-4H3. The second kappa shape index (κ2) is 7.59. The highest BCUT2D eigenvalue weighted by molar-refractivity contribution is 5.95. The third-order valence-electron chi connectivity index (χ3n) is 2.95. The van der Waals surface area contributed by atoms with Crippen LogP contribution in [0.25, 0.3) is 12.2 Å². The molecule has 0 N–H and O–H groups in total. The summed E-state index contributed by atoms with van der Waals surface area (Å²) in [5.74, 6) is 0.291. The van der Waals surface area contributed by atoms with Crippen LogP contribution in [-0.4, -0.2) is 11.6 Å². The van der Waals surface area contributed by atoms with E-state index in [4.69, 9.17) is 0 Å². The van der Waals surface area contributed by atoms with Crippen LogP contribution in [0.5, 0.6) is 0 Å². The van der Waals surface area contributed by atoms with Gasteiger partial charge in [-0.1, -0.05) is 64.1 Å². The van der Waals surface area contributed by atoms with Crippen molar-refractivity contribution in [1.82, 2.24) is 0 Å². The summed E-state index contributed by atoms with van der Waals surface area (Å²) in [7, 11) is 0. The molecule has 0 saturated carbocycles. The third kappa shape index (κ3) is 5.35. The molecule has 0 spiro atoms. The zero-order valence-electron chi connectivity index (χ0n) is 12.6. The van der Waals surface area contributed by atoms with Gasteiger partial charge in [-0.05, 0) is 23.3 Å². The van der Waals surface area contributed by atoms with Gasteiger partial charge in [0, 0.05) is 11.8 Å². The number of hydrogen-bond acceptors (Lipinski definition) is 2. The van der Waals surface area contributed by atoms with Crippen LogP contribution in [0.3, 0.4) is 0 Å². The molecule has 0 bridgehead atoms. The molecule has 0 aliphatic heterocycles. The first-order chi connectivity index (χ1) is 9.40. The van der Waals surface area contributed by atoms with Gasteiger partial charge >= 0.3 is 0 Å². The summed E-state index contributed by atoms with van der Waals surface area (Å²) >= 11 is 0. The number of benzene rings is 1. The molecular formula is C18H22O2. The van der Waals surface area contributed by atoms with Gasteiger partial charge in [-0.25, -0.2) is 0 Å². The van der Waals surface area contributed by atoms with Crippen molar-refractivity contribution in [1.29, 1.82) is 0 Å². The molecule has 106 valence electrons. The third-order valence-corrected chi connectivity index (χ3v) is 2.95. The van der Waals surface area contributed by atoms with Crippen molar-refractivity contribution in [3.8, 4) is 0 Å². The Balaban J connectivity index is 2.70. The molecule has 1 aromatic rings. The van der Waals surface area contributed by atoms with Crippen molar-refractivity contribution < 1.29 is 9.59 Å². The lowest BCUT2D eigenvalue weighted by Gasteiger charge is -1.99. The Hall–Kier alpha value is -1.96. The monoisotopic (exact) mass is 270 g/mol. The van der Waals surface area contributed by atoms with Gasteiger partial charge in [0.25, 0.3) is 0 Å². The van der Waals surface area contributed by atoms with Gasteiger partial charge in [0.2, 0.25) is 0 Å². The van der Waals surface area contributed by atoms with E-state index >= 15 is 0 Å². The highest BCUT2D eigenvalue weighted by atomic mass is 16.1. The number of ketones is 2. The molecule has 0 unspecified atom stereocenters. The molecule has 1 rings (SSSR count). The maximum Gasteiger partial charge on any atom is 0.158 e. The summed E-state index contributed by atoms with van der Waals surface area (Å²) in [5.41, 5.74) is 1.96. The fourth-order valence-corrected chi connectivity index (χ4v) is 1.46. The number of allylic oxidation sites excluding steroid dienone is 2. The van der Waals surface area contributed by atoms with Crippen molar-refractivity contribution in [3.05, 3.63) is 47.5 Å². The first-order valence-electron chi connectivity index (χ1n) is 6.94. The van der Waals surface area contributed by atoms with Crippen molar-refractivity contribution in [3.63, 3.8) is 0 Å². The molecule has 2 nitrogen and oxygen atoms in total. The zero-order valence-corrected chi connectivity index (χ0v) is 12.6. The van der Waals surface area contributed by atoms with E-state index in [2.05, 4.69) is 0 Å². The maximum absolute atomic E-state index is 11.5. The number of hydrogen-bond donors (Lipinski definition) is 0. The van der Waals surface area contributed by atoms with Crippen LogP contribution < -0.4 is 0 Å². The van der Waals surface area contributed by atoms with Gasteiger partial charge in [0.1, 0.15) is 0 Å². The smallest absolute Gasteiger partial charge is 0.158 e. The Bertz CT molecular complexity index is 468. The average Bonchev–Trinajstić information content (AvgIpc) is 2.42. The summed E-state index contributed by atoms with van der Waals surface area (Å²) in [6.07, 6.45) is 6.85. The van der Waals surface area contributed by atoms with Gasteiger partial charge in [-0.2, -0.15) is 0 Å². The summed E-state index contributed by atoms with van der Waals surface area (Å²) in [4.78, 5) is 23.0. The van der Waals surface area contributed by atoms with E-state index in [1.807, 2.05) is 64.1 Å². The van der Waals surface area contributed by atoms with Crippen molar-refractivity contribution >= 4 is 23.7 Å². The van der Waals surface area contributed by atoms with Crippen LogP contribution >= 0.6 is 0 Å². The summed E-state index contributed by atoms with van der Waals surface area (Å²) < 4.78 is 0. The van der Waals surface area contributed by atoms with Gasteiger partial charge in [0.15, 0.2) is 11.6 Å². The van der Waals surface area contributed by atoms with E-state index < -0.39 is 0 Å². The predicted octanol–water partition coefficient (Wildman–Crippen LogP) is 4.16. The molecule has 0 heterocycles. The zero-order chi connectivity index (χ0) is 15.1. The van der Waals surface area contributed by atoms with Crippen molar-refractivity contribution in [2.45, 2.75) is 27.7 Å². The Morgan fingerprint density at radius 2 is 1.05 bits per heavy atom. The molecule has 0 aromatic heterocycles. The average molecular weight is 270 g/mol. The summed E-state index contributed by atoms with van der Waals surface area (Å²) in [6, 6.07) is 7.74. The Morgan fingerprint density at radius 1 is 0.750 bits per heavy atom. The van der Waals surface area contributed by atoms with E-state index in [1.54, 1.807) is 12.2 Å². The largest absolute Gasteiger partial charge is 0.295 e. The number of carbonyl (C=O) groups is 2. The minimum absolute atomic E-state index is 0.0236. The van der Waals surface area contributed by atoms with Crippen LogP contribution in [0.1, 0.15) is 38.8 Å². The first kappa shape index (κ1) is 16.1. The van der Waals surface area contributed by atoms with Crippen LogP contribution in [0.15, 0.2) is 36.4 Å². The molecule has 2 heteroatoms. The Kier molecular flexibility index (Phi) is 6.10. The lowest BCUT2D eigenvalue weighted by Crippen LogP contribution is -2.01. The van der Waals surface area contributed by atoms with E-state index in [-0.39, 0.29) is 23.4 Å². The van der Waals surface area contributed by atoms with Crippen LogP contribution in [-0.2, 0) is 9.59 Å². The molecule has 20 heavy (non-hydrogen) atoms. The Labute approximate surface area is 121 Å². The first-order valence-corrected chi connectivity index (χ1v) is 6.94. The summed E-state index contributed by atoms with van der Waals surface area (Å²) in [5, 5.41) is 0. The molecule has 0 radical (unpaired) electrons. The second-order valence-electron chi connectivity index (χ2n) is 5.45. The van der Waals surface area contributed by atoms with Gasteiger partial charge in [0.05, 0.1) is 0 Å². The van der Waals surface area contributed by atoms with Gasteiger partial charge in [-0.15, -0.1) is 0 Å². The minimum atomic E-state index is 0.0236. The summed E-state index contributed by atoms with van der Waals surface area (Å²) in [6.45, 7) is 7.53. The molecule has 1 aromatic carbocycles. The quantitative estimate of drug-likeness (QED) is 0.727. The molecule has 0 atom stereocenters. The molecule has 0 aliphatic rings. The van der Waals surface area contributed by atoms with E-state index in [0.717, 1.165) is 11.1 Å². The maximum atomic E-state index is 11.5. The Morgan fingerprint density at radius 3 is 1.30 bits per heavy atom. The van der Waals surface area contributed by atoms with Gasteiger partial charge < -0.3 is 0 Å². The molecule has 0 aliphatic carbocycles. The fourth-order valence-electron chi connectivity index (χ4n) is 1.46. The number of carbonyl (C=O) groups excluding carboxylic acids is 2. The fraction of sp³-hybridized carbons (Fsp3) is 0.333.